The molecule has 33 heavy (non-hydrogen) atoms. The highest BCUT2D eigenvalue weighted by molar-refractivity contribution is 6.30. The molecule has 7 heteroatoms. The zero-order valence-electron chi connectivity index (χ0n) is 18.5. The number of piperidine rings is 1. The molecule has 6 nitrogen and oxygen atoms in total. The number of fused-ring (bicyclic) bond motifs is 1. The molecule has 0 unspecified atom stereocenters. The normalized spacial score (nSPS) is 19.2. The molecule has 1 aromatic heterocycles. The van der Waals surface area contributed by atoms with Gasteiger partial charge in [0.2, 0.25) is 0 Å². The molecule has 5 rings (SSSR count). The standard InChI is InChI=1S/C26H29ClN2O4/c27-20-6-7-22(30)18(14-20)16-29-11-9-26(32,10-12-29)19-5-8-23-17(13-19)15-24(33-23)25(31)28-21-3-1-2-4-21/h5-8,13-15,21,30,32H,1-4,9-12,16H2,(H,28,31). The van der Waals surface area contributed by atoms with Crippen LogP contribution in [0.25, 0.3) is 11.0 Å². The third kappa shape index (κ3) is 4.74. The fourth-order valence-corrected chi connectivity index (χ4v) is 5.26. The topological polar surface area (TPSA) is 85.9 Å². The third-order valence-corrected chi connectivity index (χ3v) is 7.32. The number of benzene rings is 2. The number of nitrogens with one attached hydrogen (secondary N) is 1. The Kier molecular flexibility index (Phi) is 6.08. The highest BCUT2D eigenvalue weighted by atomic mass is 35.5. The Morgan fingerprint density at radius 2 is 1.88 bits per heavy atom. The van der Waals surface area contributed by atoms with Crippen LogP contribution in [0.1, 0.15) is 60.2 Å². The summed E-state index contributed by atoms with van der Waals surface area (Å²) in [5, 5.41) is 26.0. The molecule has 1 amide bonds. The van der Waals surface area contributed by atoms with Crippen LogP contribution < -0.4 is 5.32 Å². The van der Waals surface area contributed by atoms with E-state index in [1.807, 2.05) is 18.2 Å². The number of aliphatic hydroxyl groups is 1. The van der Waals surface area contributed by atoms with Gasteiger partial charge in [0.15, 0.2) is 5.76 Å². The first kappa shape index (κ1) is 22.3. The average Bonchev–Trinajstić information content (AvgIpc) is 3.47. The van der Waals surface area contributed by atoms with Crippen LogP contribution in [0.5, 0.6) is 5.75 Å². The van der Waals surface area contributed by atoms with Crippen molar-refractivity contribution in [1.29, 1.82) is 0 Å². The Balaban J connectivity index is 1.26. The van der Waals surface area contributed by atoms with E-state index < -0.39 is 5.60 Å². The highest BCUT2D eigenvalue weighted by Gasteiger charge is 2.34. The zero-order valence-corrected chi connectivity index (χ0v) is 19.3. The fraction of sp³-hybridized carbons (Fsp3) is 0.423. The molecule has 0 radical (unpaired) electrons. The summed E-state index contributed by atoms with van der Waals surface area (Å²) >= 11 is 6.07. The predicted octanol–water partition coefficient (Wildman–Crippen LogP) is 4.95. The van der Waals surface area contributed by atoms with Crippen molar-refractivity contribution in [3.8, 4) is 5.75 Å². The van der Waals surface area contributed by atoms with Crippen molar-refractivity contribution in [1.82, 2.24) is 10.2 Å². The summed E-state index contributed by atoms with van der Waals surface area (Å²) in [5.41, 5.74) is 1.33. The van der Waals surface area contributed by atoms with E-state index in [0.717, 1.165) is 42.2 Å². The second kappa shape index (κ2) is 9.01. The minimum absolute atomic E-state index is 0.170. The lowest BCUT2D eigenvalue weighted by Gasteiger charge is -2.38. The van der Waals surface area contributed by atoms with Gasteiger partial charge in [-0.25, -0.2) is 0 Å². The molecule has 1 saturated heterocycles. The van der Waals surface area contributed by atoms with Gasteiger partial charge in [0.25, 0.3) is 5.91 Å². The molecule has 1 saturated carbocycles. The molecule has 2 fully saturated rings. The lowest BCUT2D eigenvalue weighted by Crippen LogP contribution is -2.42. The van der Waals surface area contributed by atoms with Crippen LogP contribution in [-0.4, -0.2) is 40.2 Å². The number of rotatable bonds is 5. The first-order valence-corrected chi connectivity index (χ1v) is 12.0. The molecule has 3 N–H and O–H groups in total. The van der Waals surface area contributed by atoms with E-state index in [4.69, 9.17) is 16.0 Å². The van der Waals surface area contributed by atoms with Gasteiger partial charge in [-0.05, 0) is 67.6 Å². The lowest BCUT2D eigenvalue weighted by atomic mass is 9.84. The zero-order chi connectivity index (χ0) is 23.0. The van der Waals surface area contributed by atoms with Gasteiger partial charge in [0.1, 0.15) is 11.3 Å². The van der Waals surface area contributed by atoms with E-state index in [9.17, 15) is 15.0 Å². The van der Waals surface area contributed by atoms with E-state index in [0.29, 0.717) is 48.8 Å². The molecule has 2 heterocycles. The largest absolute Gasteiger partial charge is 0.508 e. The van der Waals surface area contributed by atoms with E-state index in [1.165, 1.54) is 0 Å². The Bertz CT molecular complexity index is 1160. The molecule has 1 aliphatic carbocycles. The molecule has 1 aliphatic heterocycles. The minimum Gasteiger partial charge on any atom is -0.508 e. The predicted molar refractivity (Wildman–Crippen MR) is 127 cm³/mol. The molecule has 3 aromatic rings. The van der Waals surface area contributed by atoms with Crippen molar-refractivity contribution in [2.75, 3.05) is 13.1 Å². The second-order valence-corrected chi connectivity index (χ2v) is 9.84. The van der Waals surface area contributed by atoms with Crippen LogP contribution in [-0.2, 0) is 12.1 Å². The van der Waals surface area contributed by atoms with E-state index in [1.54, 1.807) is 24.3 Å². The number of hydrogen-bond donors (Lipinski definition) is 3. The van der Waals surface area contributed by atoms with Gasteiger partial charge >= 0.3 is 0 Å². The maximum Gasteiger partial charge on any atom is 0.287 e. The summed E-state index contributed by atoms with van der Waals surface area (Å²) in [6.45, 7) is 1.98. The van der Waals surface area contributed by atoms with E-state index in [-0.39, 0.29) is 17.7 Å². The van der Waals surface area contributed by atoms with Gasteiger partial charge in [-0.3, -0.25) is 9.69 Å². The van der Waals surface area contributed by atoms with Crippen LogP contribution in [0.3, 0.4) is 0 Å². The molecular formula is C26H29ClN2O4. The number of halogens is 1. The second-order valence-electron chi connectivity index (χ2n) is 9.40. The van der Waals surface area contributed by atoms with Crippen molar-refractivity contribution in [3.63, 3.8) is 0 Å². The number of phenols is 1. The van der Waals surface area contributed by atoms with Crippen LogP contribution in [0.4, 0.5) is 0 Å². The summed E-state index contributed by atoms with van der Waals surface area (Å²) in [5.74, 6) is 0.381. The van der Waals surface area contributed by atoms with E-state index in [2.05, 4.69) is 10.2 Å². The summed E-state index contributed by atoms with van der Waals surface area (Å²) in [7, 11) is 0. The van der Waals surface area contributed by atoms with Crippen molar-refractivity contribution in [2.45, 2.75) is 56.7 Å². The monoisotopic (exact) mass is 468 g/mol. The maximum atomic E-state index is 12.6. The number of hydrogen-bond acceptors (Lipinski definition) is 5. The number of nitrogens with zero attached hydrogens (tertiary/aromatic N) is 1. The smallest absolute Gasteiger partial charge is 0.287 e. The van der Waals surface area contributed by atoms with Crippen LogP contribution in [0.2, 0.25) is 5.02 Å². The number of carbonyl (C=O) groups is 1. The lowest BCUT2D eigenvalue weighted by molar-refractivity contribution is -0.0277. The van der Waals surface area contributed by atoms with Gasteiger partial charge in [-0.1, -0.05) is 30.5 Å². The minimum atomic E-state index is -0.940. The van der Waals surface area contributed by atoms with Crippen LogP contribution in [0, 0.1) is 0 Å². The Morgan fingerprint density at radius 3 is 2.64 bits per heavy atom. The highest BCUT2D eigenvalue weighted by Crippen LogP contribution is 2.36. The Labute approximate surface area is 198 Å². The average molecular weight is 469 g/mol. The molecule has 0 atom stereocenters. The maximum absolute atomic E-state index is 12.6. The van der Waals surface area contributed by atoms with Crippen LogP contribution >= 0.6 is 11.6 Å². The van der Waals surface area contributed by atoms with Crippen LogP contribution in [0.15, 0.2) is 46.9 Å². The summed E-state index contributed by atoms with van der Waals surface area (Å²) in [6.07, 6.45) is 5.52. The van der Waals surface area contributed by atoms with Crippen molar-refractivity contribution < 1.29 is 19.4 Å². The molecule has 0 spiro atoms. The van der Waals surface area contributed by atoms with Crippen molar-refractivity contribution in [2.24, 2.45) is 0 Å². The molecule has 2 aliphatic rings. The van der Waals surface area contributed by atoms with Gasteiger partial charge in [-0.2, -0.15) is 0 Å². The van der Waals surface area contributed by atoms with E-state index >= 15 is 0 Å². The Morgan fingerprint density at radius 1 is 1.12 bits per heavy atom. The first-order valence-electron chi connectivity index (χ1n) is 11.7. The number of amides is 1. The molecule has 174 valence electrons. The van der Waals surface area contributed by atoms with Gasteiger partial charge in [0.05, 0.1) is 5.60 Å². The number of carbonyl (C=O) groups excluding carboxylic acids is 1. The quantitative estimate of drug-likeness (QED) is 0.493. The first-order chi connectivity index (χ1) is 15.9. The number of aromatic hydroxyl groups is 1. The Hall–Kier alpha value is -2.54. The fourth-order valence-electron chi connectivity index (χ4n) is 5.06. The summed E-state index contributed by atoms with van der Waals surface area (Å²) < 4.78 is 5.78. The SMILES string of the molecule is O=C(NC1CCCC1)c1cc2cc(C3(O)CCN(Cc4cc(Cl)ccc4O)CC3)ccc2o1. The van der Waals surface area contributed by atoms with Gasteiger partial charge in [0, 0.05) is 41.6 Å². The molecule has 2 aromatic carbocycles. The number of likely N-dealkylation sites (tertiary alicyclic amines) is 1. The molecule has 0 bridgehead atoms. The van der Waals surface area contributed by atoms with Gasteiger partial charge < -0.3 is 19.9 Å². The third-order valence-electron chi connectivity index (χ3n) is 7.09. The number of phenolic OH excluding ortho intramolecular Hbond substituents is 1. The van der Waals surface area contributed by atoms with Gasteiger partial charge in [-0.15, -0.1) is 0 Å². The van der Waals surface area contributed by atoms with Crippen molar-refractivity contribution in [3.05, 3.63) is 64.4 Å². The number of furan rings is 1. The molecular weight excluding hydrogens is 440 g/mol. The summed E-state index contributed by atoms with van der Waals surface area (Å²) in [4.78, 5) is 14.8. The summed E-state index contributed by atoms with van der Waals surface area (Å²) in [6, 6.07) is 12.7. The van der Waals surface area contributed by atoms with Crippen molar-refractivity contribution >= 4 is 28.5 Å².